The van der Waals surface area contributed by atoms with E-state index in [0.29, 0.717) is 43.4 Å². The third kappa shape index (κ3) is 5.18. The average molecular weight is 549 g/mol. The number of fused-ring (bicyclic) bond motifs is 1. The van der Waals surface area contributed by atoms with Gasteiger partial charge in [0, 0.05) is 57.1 Å². The lowest BCUT2D eigenvalue weighted by molar-refractivity contribution is 0.0969. The van der Waals surface area contributed by atoms with Gasteiger partial charge in [0.05, 0.1) is 6.54 Å². The number of urea groups is 1. The number of ketones is 1. The third-order valence-electron chi connectivity index (χ3n) is 7.50. The second-order valence-electron chi connectivity index (χ2n) is 10.8. The van der Waals surface area contributed by atoms with Gasteiger partial charge in [-0.2, -0.15) is 4.98 Å². The lowest BCUT2D eigenvalue weighted by Crippen LogP contribution is -2.46. The SMILES string of the molecule is CC(C)=CCn1c(N2CCCC(N)C2)nc2c1c(=O)n(CC(=O)c1cccc(N3CCCNC3=O)c1)c(=O)n2C. The van der Waals surface area contributed by atoms with Crippen LogP contribution in [0.2, 0.25) is 0 Å². The summed E-state index contributed by atoms with van der Waals surface area (Å²) in [4.78, 5) is 61.3. The van der Waals surface area contributed by atoms with E-state index in [0.717, 1.165) is 35.9 Å². The Hall–Kier alpha value is -4.19. The molecule has 2 amide bonds. The number of rotatable bonds is 7. The van der Waals surface area contributed by atoms with Crippen LogP contribution in [0.5, 0.6) is 0 Å². The van der Waals surface area contributed by atoms with Crippen LogP contribution in [0.4, 0.5) is 16.4 Å². The predicted octanol–water partition coefficient (Wildman–Crippen LogP) is 1.59. The summed E-state index contributed by atoms with van der Waals surface area (Å²) in [5, 5.41) is 2.80. The molecule has 1 unspecified atom stereocenters. The first-order valence-corrected chi connectivity index (χ1v) is 13.7. The molecule has 0 bridgehead atoms. The van der Waals surface area contributed by atoms with Gasteiger partial charge in [-0.3, -0.25) is 23.6 Å². The van der Waals surface area contributed by atoms with Gasteiger partial charge in [0.2, 0.25) is 5.95 Å². The number of aromatic nitrogens is 4. The van der Waals surface area contributed by atoms with E-state index < -0.39 is 23.6 Å². The smallest absolute Gasteiger partial charge is 0.332 e. The van der Waals surface area contributed by atoms with E-state index in [1.165, 1.54) is 4.57 Å². The fraction of sp³-hybridized carbons (Fsp3) is 0.464. The Morgan fingerprint density at radius 2 is 1.95 bits per heavy atom. The molecular weight excluding hydrogens is 512 g/mol. The number of anilines is 2. The van der Waals surface area contributed by atoms with Gasteiger partial charge < -0.3 is 20.5 Å². The Morgan fingerprint density at radius 1 is 1.15 bits per heavy atom. The van der Waals surface area contributed by atoms with E-state index in [-0.39, 0.29) is 23.2 Å². The summed E-state index contributed by atoms with van der Waals surface area (Å²) in [6, 6.07) is 6.47. The number of allylic oxidation sites excluding steroid dienone is 2. The summed E-state index contributed by atoms with van der Waals surface area (Å²) in [5.74, 6) is 0.182. The molecule has 12 heteroatoms. The molecule has 2 saturated heterocycles. The second-order valence-corrected chi connectivity index (χ2v) is 10.8. The molecule has 5 rings (SSSR count). The molecule has 0 spiro atoms. The van der Waals surface area contributed by atoms with Crippen molar-refractivity contribution in [3.05, 3.63) is 62.3 Å². The van der Waals surface area contributed by atoms with E-state index in [9.17, 15) is 19.2 Å². The lowest BCUT2D eigenvalue weighted by atomic mass is 10.1. The van der Waals surface area contributed by atoms with Gasteiger partial charge in [-0.25, -0.2) is 9.59 Å². The average Bonchev–Trinajstić information content (AvgIpc) is 3.33. The summed E-state index contributed by atoms with van der Waals surface area (Å²) in [7, 11) is 1.56. The Kier molecular flexibility index (Phi) is 7.61. The van der Waals surface area contributed by atoms with Crippen LogP contribution in [0.1, 0.15) is 43.5 Å². The number of carbonyl (C=O) groups excluding carboxylic acids is 2. The molecule has 2 aromatic heterocycles. The molecule has 1 aromatic carbocycles. The minimum atomic E-state index is -0.619. The van der Waals surface area contributed by atoms with Crippen molar-refractivity contribution in [1.82, 2.24) is 24.0 Å². The van der Waals surface area contributed by atoms with Crippen LogP contribution in [0.15, 0.2) is 45.5 Å². The number of Topliss-reactive ketones (excluding diaryl/α,β-unsaturated/α-hetero) is 1. The molecule has 4 heterocycles. The predicted molar refractivity (Wildman–Crippen MR) is 154 cm³/mol. The van der Waals surface area contributed by atoms with Crippen LogP contribution in [0, 0.1) is 0 Å². The first-order chi connectivity index (χ1) is 19.2. The van der Waals surface area contributed by atoms with Crippen molar-refractivity contribution in [1.29, 1.82) is 0 Å². The Balaban J connectivity index is 1.56. The molecule has 3 aromatic rings. The van der Waals surface area contributed by atoms with Crippen molar-refractivity contribution < 1.29 is 9.59 Å². The zero-order chi connectivity index (χ0) is 28.6. The Labute approximate surface area is 231 Å². The highest BCUT2D eigenvalue weighted by atomic mass is 16.2. The number of hydrogen-bond acceptors (Lipinski definition) is 7. The maximum Gasteiger partial charge on any atom is 0.332 e. The van der Waals surface area contributed by atoms with Crippen LogP contribution in [0.3, 0.4) is 0 Å². The molecule has 3 N–H and O–H groups in total. The summed E-state index contributed by atoms with van der Waals surface area (Å²) in [6.07, 6.45) is 4.61. The summed E-state index contributed by atoms with van der Waals surface area (Å²) >= 11 is 0. The highest BCUT2D eigenvalue weighted by Crippen LogP contribution is 2.24. The maximum atomic E-state index is 13.9. The first kappa shape index (κ1) is 27.4. The van der Waals surface area contributed by atoms with Crippen LogP contribution in [-0.2, 0) is 20.1 Å². The Morgan fingerprint density at radius 3 is 2.67 bits per heavy atom. The standard InChI is InChI=1S/C28H36N8O4/c1-18(2)10-14-35-23-24(31-26(35)33-12-5-8-20(29)16-33)32(3)28(40)36(25(23)38)17-22(37)19-7-4-9-21(15-19)34-13-6-11-30-27(34)39/h4,7,9-10,15,20H,5-6,8,11-14,16-17,29H2,1-3H3,(H,30,39). The monoisotopic (exact) mass is 548 g/mol. The molecule has 212 valence electrons. The molecule has 2 fully saturated rings. The molecule has 12 nitrogen and oxygen atoms in total. The number of piperidine rings is 1. The van der Waals surface area contributed by atoms with Crippen molar-refractivity contribution in [2.24, 2.45) is 12.8 Å². The number of amides is 2. The van der Waals surface area contributed by atoms with Gasteiger partial charge in [0.25, 0.3) is 5.56 Å². The van der Waals surface area contributed by atoms with Gasteiger partial charge in [0.15, 0.2) is 16.9 Å². The van der Waals surface area contributed by atoms with Crippen molar-refractivity contribution in [2.45, 2.75) is 52.2 Å². The largest absolute Gasteiger partial charge is 0.341 e. The third-order valence-corrected chi connectivity index (χ3v) is 7.50. The van der Waals surface area contributed by atoms with Crippen molar-refractivity contribution in [3.63, 3.8) is 0 Å². The van der Waals surface area contributed by atoms with E-state index in [2.05, 4.69) is 10.2 Å². The zero-order valence-electron chi connectivity index (χ0n) is 23.2. The van der Waals surface area contributed by atoms with Crippen molar-refractivity contribution in [3.8, 4) is 0 Å². The van der Waals surface area contributed by atoms with Gasteiger partial charge in [-0.05, 0) is 45.2 Å². The molecule has 0 radical (unpaired) electrons. The number of hydrogen-bond donors (Lipinski definition) is 2. The molecular formula is C28H36N8O4. The maximum absolute atomic E-state index is 13.9. The molecule has 0 saturated carbocycles. The molecule has 2 aliphatic rings. The van der Waals surface area contributed by atoms with Gasteiger partial charge in [-0.1, -0.05) is 23.8 Å². The lowest BCUT2D eigenvalue weighted by Gasteiger charge is -2.31. The molecule has 2 aliphatic heterocycles. The summed E-state index contributed by atoms with van der Waals surface area (Å²) < 4.78 is 4.11. The fourth-order valence-electron chi connectivity index (χ4n) is 5.34. The summed E-state index contributed by atoms with van der Waals surface area (Å²) in [6.45, 7) is 6.41. The molecule has 40 heavy (non-hydrogen) atoms. The minimum Gasteiger partial charge on any atom is -0.341 e. The van der Waals surface area contributed by atoms with Crippen molar-refractivity contribution >= 4 is 34.6 Å². The number of benzene rings is 1. The number of nitrogens with zero attached hydrogens (tertiary/aromatic N) is 6. The highest BCUT2D eigenvalue weighted by Gasteiger charge is 2.27. The molecule has 1 atom stereocenters. The minimum absolute atomic E-state index is 0.00432. The number of aryl methyl sites for hydroxylation is 1. The zero-order valence-corrected chi connectivity index (χ0v) is 23.2. The number of imidazole rings is 1. The number of nitrogens with one attached hydrogen (secondary N) is 1. The summed E-state index contributed by atoms with van der Waals surface area (Å²) in [5.41, 5.74) is 7.56. The quantitative estimate of drug-likeness (QED) is 0.338. The second kappa shape index (κ2) is 11.1. The van der Waals surface area contributed by atoms with E-state index in [1.54, 1.807) is 36.2 Å². The normalized spacial score (nSPS) is 17.7. The highest BCUT2D eigenvalue weighted by molar-refractivity contribution is 5.99. The van der Waals surface area contributed by atoms with E-state index in [4.69, 9.17) is 10.7 Å². The van der Waals surface area contributed by atoms with Crippen LogP contribution >= 0.6 is 0 Å². The van der Waals surface area contributed by atoms with Crippen LogP contribution in [-0.4, -0.2) is 62.7 Å². The van der Waals surface area contributed by atoms with E-state index >= 15 is 0 Å². The van der Waals surface area contributed by atoms with Crippen LogP contribution in [0.25, 0.3) is 11.2 Å². The molecule has 0 aliphatic carbocycles. The van der Waals surface area contributed by atoms with Gasteiger partial charge in [0.1, 0.15) is 0 Å². The fourth-order valence-corrected chi connectivity index (χ4v) is 5.34. The van der Waals surface area contributed by atoms with Crippen molar-refractivity contribution in [2.75, 3.05) is 36.0 Å². The topological polar surface area (TPSA) is 140 Å². The van der Waals surface area contributed by atoms with Gasteiger partial charge >= 0.3 is 11.7 Å². The first-order valence-electron chi connectivity index (χ1n) is 13.7. The van der Waals surface area contributed by atoms with Crippen LogP contribution < -0.4 is 32.1 Å². The Bertz CT molecular complexity index is 1610. The number of carbonyl (C=O) groups is 2. The van der Waals surface area contributed by atoms with E-state index in [1.807, 2.05) is 24.5 Å². The van der Waals surface area contributed by atoms with Gasteiger partial charge in [-0.15, -0.1) is 0 Å². The number of nitrogens with two attached hydrogens (primary N) is 1.